The zero-order valence-corrected chi connectivity index (χ0v) is 13.3. The van der Waals surface area contributed by atoms with Crippen LogP contribution in [-0.4, -0.2) is 18.8 Å². The molecule has 4 heteroatoms. The van der Waals surface area contributed by atoms with Crippen molar-refractivity contribution < 1.29 is 9.13 Å². The molecule has 1 aliphatic carbocycles. The summed E-state index contributed by atoms with van der Waals surface area (Å²) in [6, 6.07) is 4.79. The third-order valence-electron chi connectivity index (χ3n) is 4.07. The number of hydrogen-bond acceptors (Lipinski definition) is 2. The Morgan fingerprint density at radius 1 is 1.45 bits per heavy atom. The number of benzene rings is 1. The molecule has 0 bridgehead atoms. The average Bonchev–Trinajstić information content (AvgIpc) is 2.36. The predicted molar refractivity (Wildman–Crippen MR) is 81.8 cm³/mol. The van der Waals surface area contributed by atoms with Crippen molar-refractivity contribution in [3.8, 4) is 0 Å². The van der Waals surface area contributed by atoms with E-state index in [0.717, 1.165) is 13.0 Å². The van der Waals surface area contributed by atoms with Gasteiger partial charge in [0.15, 0.2) is 0 Å². The Morgan fingerprint density at radius 3 is 2.75 bits per heavy atom. The van der Waals surface area contributed by atoms with Gasteiger partial charge in [0.05, 0.1) is 11.8 Å². The van der Waals surface area contributed by atoms with Crippen molar-refractivity contribution in [2.24, 2.45) is 11.3 Å². The van der Waals surface area contributed by atoms with Crippen LogP contribution in [0.15, 0.2) is 18.2 Å². The van der Waals surface area contributed by atoms with E-state index in [1.807, 2.05) is 0 Å². The lowest BCUT2D eigenvalue weighted by Crippen LogP contribution is -2.58. The summed E-state index contributed by atoms with van der Waals surface area (Å²) in [6.07, 6.45) is 1.12. The average molecular weight is 300 g/mol. The van der Waals surface area contributed by atoms with E-state index in [2.05, 4.69) is 33.0 Å². The summed E-state index contributed by atoms with van der Waals surface area (Å²) in [5.74, 6) is 0.264. The van der Waals surface area contributed by atoms with Gasteiger partial charge in [0.25, 0.3) is 0 Å². The Bertz CT molecular complexity index is 476. The molecule has 2 atom stereocenters. The Hall–Kier alpha value is -0.800. The number of hydrogen-bond donors (Lipinski definition) is 1. The van der Waals surface area contributed by atoms with E-state index in [1.165, 1.54) is 6.07 Å². The molecule has 0 heterocycles. The Balaban J connectivity index is 1.97. The zero-order chi connectivity index (χ0) is 14.9. The summed E-state index contributed by atoms with van der Waals surface area (Å²) in [4.78, 5) is 0. The number of ether oxygens (including phenoxy) is 1. The van der Waals surface area contributed by atoms with Crippen molar-refractivity contribution in [1.29, 1.82) is 0 Å². The fraction of sp³-hybridized carbons (Fsp3) is 0.625. The molecule has 0 aromatic heterocycles. The maximum Gasteiger partial charge on any atom is 0.146 e. The van der Waals surface area contributed by atoms with E-state index in [1.54, 1.807) is 12.1 Å². The summed E-state index contributed by atoms with van der Waals surface area (Å²) in [6.45, 7) is 9.36. The summed E-state index contributed by atoms with van der Waals surface area (Å²) in [7, 11) is 0. The summed E-state index contributed by atoms with van der Waals surface area (Å²) < 4.78 is 19.7. The topological polar surface area (TPSA) is 21.3 Å². The lowest BCUT2D eigenvalue weighted by Gasteiger charge is -2.52. The first-order valence-electron chi connectivity index (χ1n) is 7.14. The molecule has 20 heavy (non-hydrogen) atoms. The highest BCUT2D eigenvalue weighted by Crippen LogP contribution is 2.44. The quantitative estimate of drug-likeness (QED) is 0.848. The number of halogens is 2. The van der Waals surface area contributed by atoms with Gasteiger partial charge >= 0.3 is 0 Å². The van der Waals surface area contributed by atoms with E-state index >= 15 is 0 Å². The van der Waals surface area contributed by atoms with Gasteiger partial charge in [0.1, 0.15) is 5.82 Å². The second kappa shape index (κ2) is 5.90. The second-order valence-corrected chi connectivity index (χ2v) is 7.03. The summed E-state index contributed by atoms with van der Waals surface area (Å²) >= 11 is 5.91. The van der Waals surface area contributed by atoms with Crippen molar-refractivity contribution >= 4 is 17.3 Å². The van der Waals surface area contributed by atoms with E-state index in [-0.39, 0.29) is 23.4 Å². The molecule has 0 amide bonds. The van der Waals surface area contributed by atoms with E-state index in [0.29, 0.717) is 16.6 Å². The molecule has 112 valence electrons. The molecule has 2 nitrogen and oxygen atoms in total. The summed E-state index contributed by atoms with van der Waals surface area (Å²) in [5, 5.41) is 3.80. The maximum atomic E-state index is 13.7. The minimum atomic E-state index is -0.267. The highest BCUT2D eigenvalue weighted by atomic mass is 35.5. The third-order valence-corrected chi connectivity index (χ3v) is 4.30. The van der Waals surface area contributed by atoms with Crippen LogP contribution < -0.4 is 5.32 Å². The highest BCUT2D eigenvalue weighted by molar-refractivity contribution is 6.30. The van der Waals surface area contributed by atoms with Crippen molar-refractivity contribution in [2.45, 2.75) is 46.3 Å². The van der Waals surface area contributed by atoms with Gasteiger partial charge in [-0.05, 0) is 30.5 Å². The first kappa shape index (κ1) is 15.6. The van der Waals surface area contributed by atoms with Crippen LogP contribution in [0.25, 0.3) is 0 Å². The first-order valence-corrected chi connectivity index (χ1v) is 7.51. The van der Waals surface area contributed by atoms with Crippen LogP contribution in [0.3, 0.4) is 0 Å². The maximum absolute atomic E-state index is 13.7. The summed E-state index contributed by atoms with van der Waals surface area (Å²) in [5.41, 5.74) is 0.460. The van der Waals surface area contributed by atoms with E-state index in [9.17, 15) is 4.39 Å². The molecule has 2 rings (SSSR count). The Morgan fingerprint density at radius 2 is 2.15 bits per heavy atom. The van der Waals surface area contributed by atoms with E-state index in [4.69, 9.17) is 16.3 Å². The molecule has 1 N–H and O–H groups in total. The molecule has 0 spiro atoms. The smallest absolute Gasteiger partial charge is 0.146 e. The Labute approximate surface area is 125 Å². The standard InChI is InChI=1S/C16H23ClFNO/c1-10(2)9-20-15-8-14(16(15,3)4)19-13-7-11(17)5-6-12(13)18/h5-7,10,14-15,19H,8-9H2,1-4H3. The van der Waals surface area contributed by atoms with Gasteiger partial charge in [-0.3, -0.25) is 0 Å². The van der Waals surface area contributed by atoms with E-state index < -0.39 is 0 Å². The first-order chi connectivity index (χ1) is 9.30. The molecular formula is C16H23ClFNO. The van der Waals surface area contributed by atoms with Crippen molar-refractivity contribution in [3.05, 3.63) is 29.0 Å². The third kappa shape index (κ3) is 3.26. The van der Waals surface area contributed by atoms with Gasteiger partial charge in [0, 0.05) is 23.1 Å². The lowest BCUT2D eigenvalue weighted by molar-refractivity contribution is -0.108. The molecule has 0 radical (unpaired) electrons. The van der Waals surface area contributed by atoms with Crippen LogP contribution >= 0.6 is 11.6 Å². The second-order valence-electron chi connectivity index (χ2n) is 6.59. The minimum absolute atomic E-state index is 0.0103. The molecule has 1 aromatic carbocycles. The monoisotopic (exact) mass is 299 g/mol. The number of rotatable bonds is 5. The zero-order valence-electron chi connectivity index (χ0n) is 12.5. The molecule has 1 fully saturated rings. The molecule has 1 aromatic rings. The van der Waals surface area contributed by atoms with Crippen LogP contribution in [0.4, 0.5) is 10.1 Å². The van der Waals surface area contributed by atoms with Crippen LogP contribution in [0.1, 0.15) is 34.1 Å². The fourth-order valence-corrected chi connectivity index (χ4v) is 2.69. The number of anilines is 1. The Kier molecular flexibility index (Phi) is 4.60. The van der Waals surface area contributed by atoms with Crippen LogP contribution in [-0.2, 0) is 4.74 Å². The molecule has 1 saturated carbocycles. The highest BCUT2D eigenvalue weighted by Gasteiger charge is 2.49. The van der Waals surface area contributed by atoms with Gasteiger partial charge in [-0.25, -0.2) is 4.39 Å². The van der Waals surface area contributed by atoms with Crippen molar-refractivity contribution in [2.75, 3.05) is 11.9 Å². The van der Waals surface area contributed by atoms with Crippen molar-refractivity contribution in [1.82, 2.24) is 0 Å². The van der Waals surface area contributed by atoms with Gasteiger partial charge in [-0.15, -0.1) is 0 Å². The minimum Gasteiger partial charge on any atom is -0.379 e. The van der Waals surface area contributed by atoms with Crippen molar-refractivity contribution in [3.63, 3.8) is 0 Å². The molecule has 0 saturated heterocycles. The molecule has 2 unspecified atom stereocenters. The SMILES string of the molecule is CC(C)COC1CC(Nc2cc(Cl)ccc2F)C1(C)C. The lowest BCUT2D eigenvalue weighted by atomic mass is 9.64. The normalized spacial score (nSPS) is 24.6. The fourth-order valence-electron chi connectivity index (χ4n) is 2.52. The molecule has 1 aliphatic rings. The van der Waals surface area contributed by atoms with Gasteiger partial charge < -0.3 is 10.1 Å². The van der Waals surface area contributed by atoms with Crippen LogP contribution in [0, 0.1) is 17.2 Å². The molecule has 0 aliphatic heterocycles. The largest absolute Gasteiger partial charge is 0.379 e. The number of nitrogens with one attached hydrogen (secondary N) is 1. The van der Waals surface area contributed by atoms with Crippen LogP contribution in [0.2, 0.25) is 5.02 Å². The van der Waals surface area contributed by atoms with Gasteiger partial charge in [0.2, 0.25) is 0 Å². The van der Waals surface area contributed by atoms with Gasteiger partial charge in [-0.1, -0.05) is 39.3 Å². The van der Waals surface area contributed by atoms with Crippen LogP contribution in [0.5, 0.6) is 0 Å². The van der Waals surface area contributed by atoms with Gasteiger partial charge in [-0.2, -0.15) is 0 Å². The predicted octanol–water partition coefficient (Wildman–Crippen LogP) is 4.73. The molecular weight excluding hydrogens is 277 g/mol.